The largest absolute Gasteiger partial charge is 0.452 e. The molecule has 2 nitrogen and oxygen atoms in total. The van der Waals surface area contributed by atoms with Gasteiger partial charge in [0.15, 0.2) is 12.0 Å². The number of para-hydroxylation sites is 1. The summed E-state index contributed by atoms with van der Waals surface area (Å²) in [6, 6.07) is 7.65. The molecule has 1 aromatic heterocycles. The van der Waals surface area contributed by atoms with E-state index in [4.69, 9.17) is 4.42 Å². The Morgan fingerprint density at radius 3 is 2.85 bits per heavy atom. The molecule has 0 radical (unpaired) electrons. The van der Waals surface area contributed by atoms with E-state index in [1.807, 2.05) is 30.5 Å². The molecule has 0 bridgehead atoms. The third-order valence-electron chi connectivity index (χ3n) is 1.89. The predicted octanol–water partition coefficient (Wildman–Crippen LogP) is 2.97. The zero-order valence-electron chi connectivity index (χ0n) is 7.11. The lowest BCUT2D eigenvalue weighted by molar-refractivity contribution is 0.109. The summed E-state index contributed by atoms with van der Waals surface area (Å²) in [5, 5.41) is 1.01. The Labute approximate surface area is 79.9 Å². The molecule has 3 heteroatoms. The van der Waals surface area contributed by atoms with Crippen LogP contribution in [0.25, 0.3) is 11.0 Å². The van der Waals surface area contributed by atoms with Gasteiger partial charge in [0, 0.05) is 5.39 Å². The highest BCUT2D eigenvalue weighted by Crippen LogP contribution is 2.31. The maximum absolute atomic E-state index is 10.6. The number of fused-ring (bicyclic) bond motifs is 1. The molecule has 2 rings (SSSR count). The van der Waals surface area contributed by atoms with Crippen molar-refractivity contribution < 1.29 is 9.21 Å². The van der Waals surface area contributed by atoms with Crippen molar-refractivity contribution in [2.75, 3.05) is 6.26 Å². The molecule has 66 valence electrons. The third kappa shape index (κ3) is 1.25. The molecule has 2 aromatic rings. The zero-order valence-corrected chi connectivity index (χ0v) is 7.93. The summed E-state index contributed by atoms with van der Waals surface area (Å²) in [6.07, 6.45) is 2.69. The van der Waals surface area contributed by atoms with E-state index in [0.29, 0.717) is 5.76 Å². The van der Waals surface area contributed by atoms with E-state index in [-0.39, 0.29) is 0 Å². The van der Waals surface area contributed by atoms with Crippen LogP contribution in [0.4, 0.5) is 0 Å². The monoisotopic (exact) mass is 192 g/mol. The van der Waals surface area contributed by atoms with Gasteiger partial charge in [0.2, 0.25) is 0 Å². The van der Waals surface area contributed by atoms with Gasteiger partial charge in [0.1, 0.15) is 5.58 Å². The maximum Gasteiger partial charge on any atom is 0.186 e. The molecule has 0 aliphatic heterocycles. The van der Waals surface area contributed by atoms with Crippen molar-refractivity contribution in [3.8, 4) is 0 Å². The molecule has 0 saturated carbocycles. The number of rotatable bonds is 2. The summed E-state index contributed by atoms with van der Waals surface area (Å²) in [5.74, 6) is 0.425. The fourth-order valence-electron chi connectivity index (χ4n) is 1.33. The molecule has 0 spiro atoms. The van der Waals surface area contributed by atoms with Gasteiger partial charge in [-0.05, 0) is 18.4 Å². The van der Waals surface area contributed by atoms with Crippen LogP contribution in [0.15, 0.2) is 33.6 Å². The molecule has 13 heavy (non-hydrogen) atoms. The van der Waals surface area contributed by atoms with Crippen LogP contribution in [0, 0.1) is 0 Å². The second-order valence-electron chi connectivity index (χ2n) is 2.61. The Kier molecular flexibility index (Phi) is 2.10. The van der Waals surface area contributed by atoms with E-state index in [2.05, 4.69) is 0 Å². The van der Waals surface area contributed by atoms with E-state index in [0.717, 1.165) is 22.2 Å². The molecule has 0 amide bonds. The minimum absolute atomic E-state index is 0.425. The maximum atomic E-state index is 10.6. The normalized spacial score (nSPS) is 10.5. The number of carbonyl (C=O) groups excluding carboxylic acids is 1. The first-order chi connectivity index (χ1) is 6.36. The molecule has 1 aromatic carbocycles. The Morgan fingerprint density at radius 1 is 1.38 bits per heavy atom. The highest BCUT2D eigenvalue weighted by Gasteiger charge is 2.11. The number of hydrogen-bond acceptors (Lipinski definition) is 3. The van der Waals surface area contributed by atoms with Gasteiger partial charge in [0.05, 0.1) is 4.90 Å². The Bertz CT molecular complexity index is 445. The van der Waals surface area contributed by atoms with E-state index >= 15 is 0 Å². The standard InChI is InChI=1S/C10H8O2S/c1-13-10-7-4-2-3-5-8(7)12-9(10)6-11/h2-6H,1H3. The van der Waals surface area contributed by atoms with Crippen molar-refractivity contribution in [2.24, 2.45) is 0 Å². The van der Waals surface area contributed by atoms with Crippen LogP contribution in [0.1, 0.15) is 10.6 Å². The number of thioether (sulfide) groups is 1. The van der Waals surface area contributed by atoms with E-state index in [1.54, 1.807) is 0 Å². The zero-order chi connectivity index (χ0) is 9.26. The molecule has 0 aliphatic rings. The minimum Gasteiger partial charge on any atom is -0.452 e. The number of furan rings is 1. The van der Waals surface area contributed by atoms with Crippen LogP contribution < -0.4 is 0 Å². The number of benzene rings is 1. The van der Waals surface area contributed by atoms with E-state index < -0.39 is 0 Å². The smallest absolute Gasteiger partial charge is 0.186 e. The predicted molar refractivity (Wildman–Crippen MR) is 53.4 cm³/mol. The quantitative estimate of drug-likeness (QED) is 0.541. The average Bonchev–Trinajstić information content (AvgIpc) is 2.55. The van der Waals surface area contributed by atoms with Crippen LogP contribution in [-0.4, -0.2) is 12.5 Å². The third-order valence-corrected chi connectivity index (χ3v) is 2.72. The first-order valence-corrected chi connectivity index (χ1v) is 5.10. The Hall–Kier alpha value is -1.22. The summed E-state index contributed by atoms with van der Waals surface area (Å²) >= 11 is 1.53. The van der Waals surface area contributed by atoms with Gasteiger partial charge in [-0.2, -0.15) is 0 Å². The average molecular weight is 192 g/mol. The lowest BCUT2D eigenvalue weighted by Crippen LogP contribution is -1.75. The van der Waals surface area contributed by atoms with Crippen molar-refractivity contribution in [1.29, 1.82) is 0 Å². The number of carbonyl (C=O) groups is 1. The Morgan fingerprint density at radius 2 is 2.15 bits per heavy atom. The Balaban J connectivity index is 2.81. The SMILES string of the molecule is CSc1c(C=O)oc2ccccc12. The topological polar surface area (TPSA) is 30.2 Å². The van der Waals surface area contributed by atoms with Crippen LogP contribution in [0.2, 0.25) is 0 Å². The molecule has 1 heterocycles. The fourth-order valence-corrected chi connectivity index (χ4v) is 2.01. The molecule has 0 atom stereocenters. The van der Waals surface area contributed by atoms with Gasteiger partial charge in [-0.15, -0.1) is 11.8 Å². The lowest BCUT2D eigenvalue weighted by atomic mass is 10.2. The lowest BCUT2D eigenvalue weighted by Gasteiger charge is -1.90. The molecule has 0 fully saturated rings. The number of aldehydes is 1. The summed E-state index contributed by atoms with van der Waals surface area (Å²) in [6.45, 7) is 0. The van der Waals surface area contributed by atoms with Gasteiger partial charge in [-0.3, -0.25) is 4.79 Å². The molecule has 0 N–H and O–H groups in total. The highest BCUT2D eigenvalue weighted by atomic mass is 32.2. The van der Waals surface area contributed by atoms with Gasteiger partial charge in [-0.25, -0.2) is 0 Å². The van der Waals surface area contributed by atoms with Crippen molar-refractivity contribution in [3.63, 3.8) is 0 Å². The van der Waals surface area contributed by atoms with E-state index in [1.165, 1.54) is 11.8 Å². The van der Waals surface area contributed by atoms with Crippen molar-refractivity contribution in [1.82, 2.24) is 0 Å². The first kappa shape index (κ1) is 8.38. The molecular weight excluding hydrogens is 184 g/mol. The van der Waals surface area contributed by atoms with Crippen LogP contribution in [-0.2, 0) is 0 Å². The van der Waals surface area contributed by atoms with Crippen molar-refractivity contribution >= 4 is 29.0 Å². The number of hydrogen-bond donors (Lipinski definition) is 0. The minimum atomic E-state index is 0.425. The summed E-state index contributed by atoms with van der Waals surface area (Å²) in [5.41, 5.74) is 0.772. The van der Waals surface area contributed by atoms with Crippen LogP contribution in [0.5, 0.6) is 0 Å². The van der Waals surface area contributed by atoms with Crippen molar-refractivity contribution in [2.45, 2.75) is 4.90 Å². The molecule has 0 unspecified atom stereocenters. The molecule has 0 aliphatic carbocycles. The second-order valence-corrected chi connectivity index (χ2v) is 3.43. The van der Waals surface area contributed by atoms with Gasteiger partial charge < -0.3 is 4.42 Å². The van der Waals surface area contributed by atoms with E-state index in [9.17, 15) is 4.79 Å². The summed E-state index contributed by atoms with van der Waals surface area (Å²) < 4.78 is 5.35. The van der Waals surface area contributed by atoms with Crippen LogP contribution in [0.3, 0.4) is 0 Å². The van der Waals surface area contributed by atoms with Gasteiger partial charge in [0.25, 0.3) is 0 Å². The van der Waals surface area contributed by atoms with Crippen molar-refractivity contribution in [3.05, 3.63) is 30.0 Å². The fraction of sp³-hybridized carbons (Fsp3) is 0.100. The summed E-state index contributed by atoms with van der Waals surface area (Å²) in [7, 11) is 0. The van der Waals surface area contributed by atoms with Gasteiger partial charge in [-0.1, -0.05) is 12.1 Å². The molecular formula is C10H8O2S. The molecule has 0 saturated heterocycles. The van der Waals surface area contributed by atoms with Gasteiger partial charge >= 0.3 is 0 Å². The summed E-state index contributed by atoms with van der Waals surface area (Å²) in [4.78, 5) is 11.6. The second kappa shape index (κ2) is 3.26. The first-order valence-electron chi connectivity index (χ1n) is 3.87. The highest BCUT2D eigenvalue weighted by molar-refractivity contribution is 7.98. The van der Waals surface area contributed by atoms with Crippen LogP contribution >= 0.6 is 11.8 Å².